The number of hydrogen-bond acceptors (Lipinski definition) is 2. The van der Waals surface area contributed by atoms with Gasteiger partial charge in [0.05, 0.1) is 0 Å². The van der Waals surface area contributed by atoms with Crippen molar-refractivity contribution in [1.82, 2.24) is 0 Å². The molecule has 3 aromatic carbocycles. The maximum atomic E-state index is 6.24. The molecule has 0 saturated heterocycles. The Morgan fingerprint density at radius 1 is 0.870 bits per heavy atom. The Bertz CT molecular complexity index is 743. The molecule has 0 amide bonds. The molecule has 120 valence electrons. The van der Waals surface area contributed by atoms with Crippen molar-refractivity contribution in [2.24, 2.45) is 5.73 Å². The molecule has 2 N–H and O–H groups in total. The van der Waals surface area contributed by atoms with Gasteiger partial charge in [0.2, 0.25) is 0 Å². The number of fused-ring (bicyclic) bond motifs is 1. The molecule has 0 saturated carbocycles. The van der Waals surface area contributed by atoms with E-state index in [4.69, 9.17) is 10.5 Å². The molecular weight excluding hydrogens is 397 g/mol. The zero-order valence-corrected chi connectivity index (χ0v) is 15.5. The van der Waals surface area contributed by atoms with Gasteiger partial charge in [-0.1, -0.05) is 60.7 Å². The number of rotatable bonds is 5. The van der Waals surface area contributed by atoms with E-state index in [9.17, 15) is 0 Å². The molecule has 3 rings (SSSR count). The quantitative estimate of drug-likeness (QED) is 0.569. The summed E-state index contributed by atoms with van der Waals surface area (Å²) in [7, 11) is 0. The third kappa shape index (κ3) is 4.69. The van der Waals surface area contributed by atoms with Crippen LogP contribution in [0.25, 0.3) is 10.8 Å². The summed E-state index contributed by atoms with van der Waals surface area (Å²) in [5.41, 5.74) is 7.15. The van der Waals surface area contributed by atoms with E-state index in [-0.39, 0.29) is 36.1 Å². The fraction of sp³-hybridized carbons (Fsp3) is 0.200. The average Bonchev–Trinajstić information content (AvgIpc) is 2.54. The molecule has 2 unspecified atom stereocenters. The van der Waals surface area contributed by atoms with E-state index >= 15 is 0 Å². The average molecular weight is 419 g/mol. The second-order valence-electron chi connectivity index (χ2n) is 5.74. The van der Waals surface area contributed by atoms with Crippen molar-refractivity contribution >= 4 is 34.7 Å². The molecule has 3 heteroatoms. The van der Waals surface area contributed by atoms with Crippen molar-refractivity contribution in [3.63, 3.8) is 0 Å². The van der Waals surface area contributed by atoms with Crippen molar-refractivity contribution in [2.45, 2.75) is 25.5 Å². The van der Waals surface area contributed by atoms with Crippen LogP contribution in [0, 0.1) is 0 Å². The summed E-state index contributed by atoms with van der Waals surface area (Å²) in [4.78, 5) is 0. The van der Waals surface area contributed by atoms with Crippen molar-refractivity contribution in [3.8, 4) is 5.75 Å². The lowest BCUT2D eigenvalue weighted by atomic mass is 10.0. The molecule has 0 aliphatic rings. The number of halogens is 1. The Hall–Kier alpha value is -1.59. The van der Waals surface area contributed by atoms with Crippen LogP contribution in [0.5, 0.6) is 5.75 Å². The van der Waals surface area contributed by atoms with Crippen molar-refractivity contribution in [1.29, 1.82) is 0 Å². The molecule has 0 bridgehead atoms. The van der Waals surface area contributed by atoms with Gasteiger partial charge in [-0.3, -0.25) is 0 Å². The zero-order valence-electron chi connectivity index (χ0n) is 13.2. The summed E-state index contributed by atoms with van der Waals surface area (Å²) < 4.78 is 6.24. The number of nitrogens with two attached hydrogens (primary N) is 1. The molecule has 0 aliphatic heterocycles. The lowest BCUT2D eigenvalue weighted by Gasteiger charge is -2.21. The first-order chi connectivity index (χ1) is 10.7. The Morgan fingerprint density at radius 2 is 1.52 bits per heavy atom. The topological polar surface area (TPSA) is 35.2 Å². The van der Waals surface area contributed by atoms with Crippen LogP contribution in [0.2, 0.25) is 0 Å². The minimum Gasteiger partial charge on any atom is -0.486 e. The second-order valence-corrected chi connectivity index (χ2v) is 5.74. The monoisotopic (exact) mass is 419 g/mol. The van der Waals surface area contributed by atoms with Crippen LogP contribution < -0.4 is 10.5 Å². The van der Waals surface area contributed by atoms with E-state index < -0.39 is 0 Å². The highest BCUT2D eigenvalue weighted by Crippen LogP contribution is 2.28. The molecule has 2 nitrogen and oxygen atoms in total. The molecule has 23 heavy (non-hydrogen) atoms. The number of benzene rings is 3. The summed E-state index contributed by atoms with van der Waals surface area (Å²) in [6.45, 7) is 2.01. The van der Waals surface area contributed by atoms with Gasteiger partial charge >= 0.3 is 0 Å². The van der Waals surface area contributed by atoms with E-state index in [0.29, 0.717) is 0 Å². The smallest absolute Gasteiger partial charge is 0.125 e. The maximum absolute atomic E-state index is 6.24. The fourth-order valence-electron chi connectivity index (χ4n) is 2.66. The van der Waals surface area contributed by atoms with E-state index in [1.54, 1.807) is 0 Å². The van der Waals surface area contributed by atoms with Crippen molar-refractivity contribution in [2.75, 3.05) is 0 Å². The van der Waals surface area contributed by atoms with Crippen LogP contribution in [0.3, 0.4) is 0 Å². The van der Waals surface area contributed by atoms with Gasteiger partial charge in [-0.25, -0.2) is 0 Å². The Morgan fingerprint density at radius 3 is 2.22 bits per heavy atom. The van der Waals surface area contributed by atoms with Gasteiger partial charge in [0.1, 0.15) is 11.9 Å². The third-order valence-electron chi connectivity index (χ3n) is 3.76. The standard InChI is InChI=1S/C20H21NO.HI/c1-15(21)13-20(17-8-3-2-4-9-17)22-19-12-11-16-7-5-6-10-18(16)14-19;/h2-12,14-15,20H,13,21H2,1H3;1H. The highest BCUT2D eigenvalue weighted by atomic mass is 127. The highest BCUT2D eigenvalue weighted by Gasteiger charge is 2.15. The van der Waals surface area contributed by atoms with Gasteiger partial charge in [0.25, 0.3) is 0 Å². The van der Waals surface area contributed by atoms with Gasteiger partial charge in [0, 0.05) is 12.5 Å². The van der Waals surface area contributed by atoms with Crippen LogP contribution in [0.1, 0.15) is 25.0 Å². The van der Waals surface area contributed by atoms with Crippen LogP contribution in [-0.4, -0.2) is 6.04 Å². The largest absolute Gasteiger partial charge is 0.486 e. The minimum absolute atomic E-state index is 0. The molecule has 2 atom stereocenters. The van der Waals surface area contributed by atoms with Crippen LogP contribution >= 0.6 is 24.0 Å². The van der Waals surface area contributed by atoms with Gasteiger partial charge in [-0.2, -0.15) is 0 Å². The zero-order chi connectivity index (χ0) is 15.4. The van der Waals surface area contributed by atoms with E-state index in [0.717, 1.165) is 17.7 Å². The fourth-order valence-corrected chi connectivity index (χ4v) is 2.66. The normalized spacial score (nSPS) is 13.1. The van der Waals surface area contributed by atoms with Crippen LogP contribution in [-0.2, 0) is 0 Å². The number of hydrogen-bond donors (Lipinski definition) is 1. The first-order valence-electron chi connectivity index (χ1n) is 7.68. The van der Waals surface area contributed by atoms with E-state index in [1.165, 1.54) is 10.8 Å². The van der Waals surface area contributed by atoms with Gasteiger partial charge < -0.3 is 10.5 Å². The van der Waals surface area contributed by atoms with Crippen LogP contribution in [0.15, 0.2) is 72.8 Å². The lowest BCUT2D eigenvalue weighted by Crippen LogP contribution is -2.21. The molecule has 0 radical (unpaired) electrons. The van der Waals surface area contributed by atoms with Gasteiger partial charge in [-0.05, 0) is 35.4 Å². The summed E-state index contributed by atoms with van der Waals surface area (Å²) in [6.07, 6.45) is 0.763. The third-order valence-corrected chi connectivity index (χ3v) is 3.76. The van der Waals surface area contributed by atoms with Crippen molar-refractivity contribution < 1.29 is 4.74 Å². The summed E-state index contributed by atoms with van der Waals surface area (Å²) in [5.74, 6) is 0.883. The van der Waals surface area contributed by atoms with Gasteiger partial charge in [0.15, 0.2) is 0 Å². The molecular formula is C20H22INO. The van der Waals surface area contributed by atoms with Crippen LogP contribution in [0.4, 0.5) is 0 Å². The lowest BCUT2D eigenvalue weighted by molar-refractivity contribution is 0.187. The SMILES string of the molecule is CC(N)CC(Oc1ccc2ccccc2c1)c1ccccc1.I. The Balaban J connectivity index is 0.00000192. The second kappa shape index (κ2) is 8.31. The van der Waals surface area contributed by atoms with E-state index in [2.05, 4.69) is 36.4 Å². The Labute approximate surface area is 154 Å². The first kappa shape index (κ1) is 17.8. The Kier molecular flexibility index (Phi) is 6.42. The highest BCUT2D eigenvalue weighted by molar-refractivity contribution is 14.0. The predicted octanol–water partition coefficient (Wildman–Crippen LogP) is 5.32. The molecule has 0 heterocycles. The maximum Gasteiger partial charge on any atom is 0.125 e. The van der Waals surface area contributed by atoms with E-state index in [1.807, 2.05) is 43.3 Å². The summed E-state index contributed by atoms with van der Waals surface area (Å²) >= 11 is 0. The first-order valence-corrected chi connectivity index (χ1v) is 7.68. The molecule has 0 aromatic heterocycles. The molecule has 0 aliphatic carbocycles. The summed E-state index contributed by atoms with van der Waals surface area (Å²) in [6, 6.07) is 24.9. The number of ether oxygens (including phenoxy) is 1. The van der Waals surface area contributed by atoms with Gasteiger partial charge in [-0.15, -0.1) is 24.0 Å². The van der Waals surface area contributed by atoms with Crippen molar-refractivity contribution in [3.05, 3.63) is 78.4 Å². The molecule has 0 fully saturated rings. The predicted molar refractivity (Wildman–Crippen MR) is 107 cm³/mol. The minimum atomic E-state index is -0.0256. The summed E-state index contributed by atoms with van der Waals surface area (Å²) in [5, 5.41) is 2.41. The molecule has 0 spiro atoms. The molecule has 3 aromatic rings.